The van der Waals surface area contributed by atoms with Gasteiger partial charge in [-0.25, -0.2) is 4.98 Å². The van der Waals surface area contributed by atoms with Gasteiger partial charge in [-0.05, 0) is 17.5 Å². The summed E-state index contributed by atoms with van der Waals surface area (Å²) in [5.41, 5.74) is 1.32. The third-order valence-corrected chi connectivity index (χ3v) is 7.16. The lowest BCUT2D eigenvalue weighted by molar-refractivity contribution is -0.160. The van der Waals surface area contributed by atoms with Gasteiger partial charge in [0, 0.05) is 23.8 Å². The molecule has 7 N–H and O–H groups in total. The van der Waals surface area contributed by atoms with Crippen molar-refractivity contribution in [3.8, 4) is 17.2 Å². The van der Waals surface area contributed by atoms with E-state index in [1.165, 1.54) is 18.5 Å². The predicted octanol–water partition coefficient (Wildman–Crippen LogP) is 0.611. The third kappa shape index (κ3) is 2.53. The summed E-state index contributed by atoms with van der Waals surface area (Å²) < 4.78 is 5.21. The molecule has 5 unspecified atom stereocenters. The Kier molecular flexibility index (Phi) is 4.51. The van der Waals surface area contributed by atoms with Gasteiger partial charge in [-0.15, -0.1) is 0 Å². The molecule has 0 saturated heterocycles. The lowest BCUT2D eigenvalue weighted by Gasteiger charge is -2.50. The Labute approximate surface area is 191 Å². The van der Waals surface area contributed by atoms with Crippen molar-refractivity contribution in [2.45, 2.75) is 31.0 Å². The largest absolute Gasteiger partial charge is 0.508 e. The molecule has 1 saturated carbocycles. The van der Waals surface area contributed by atoms with Crippen LogP contribution in [0.2, 0.25) is 0 Å². The van der Waals surface area contributed by atoms with Gasteiger partial charge in [-0.2, -0.15) is 0 Å². The van der Waals surface area contributed by atoms with Gasteiger partial charge >= 0.3 is 0 Å². The number of amides is 1. The summed E-state index contributed by atoms with van der Waals surface area (Å²) in [5.74, 6) is -9.05. The van der Waals surface area contributed by atoms with E-state index in [1.54, 1.807) is 13.0 Å². The number of oxazole rings is 1. The number of ketones is 2. The molecule has 0 aliphatic heterocycles. The summed E-state index contributed by atoms with van der Waals surface area (Å²) >= 11 is 0. The van der Waals surface area contributed by atoms with Gasteiger partial charge in [-0.1, -0.05) is 13.0 Å². The van der Waals surface area contributed by atoms with Gasteiger partial charge in [0.05, 0.1) is 23.4 Å². The molecule has 5 atom stereocenters. The van der Waals surface area contributed by atoms with Gasteiger partial charge < -0.3 is 35.7 Å². The number of hydrogen-bond acceptors (Lipinski definition) is 10. The zero-order chi connectivity index (χ0) is 24.7. The molecule has 5 rings (SSSR count). The zero-order valence-corrected chi connectivity index (χ0v) is 17.7. The van der Waals surface area contributed by atoms with Crippen LogP contribution in [0.15, 0.2) is 45.9 Å². The van der Waals surface area contributed by atoms with E-state index in [-0.39, 0.29) is 17.0 Å². The molecule has 3 aliphatic rings. The Morgan fingerprint density at radius 3 is 2.56 bits per heavy atom. The number of aliphatic hydroxyl groups is 4. The molecule has 1 aromatic heterocycles. The lowest BCUT2D eigenvalue weighted by atomic mass is 9.55. The van der Waals surface area contributed by atoms with Crippen molar-refractivity contribution in [2.24, 2.45) is 17.6 Å². The van der Waals surface area contributed by atoms with Crippen LogP contribution in [0.3, 0.4) is 0 Å². The summed E-state index contributed by atoms with van der Waals surface area (Å²) in [6, 6.07) is 3.10. The minimum Gasteiger partial charge on any atom is -0.508 e. The van der Waals surface area contributed by atoms with Gasteiger partial charge in [0.15, 0.2) is 11.4 Å². The minimum absolute atomic E-state index is 0.0547. The number of aromatic nitrogens is 1. The first kappa shape index (κ1) is 21.9. The summed E-state index contributed by atoms with van der Waals surface area (Å²) in [6.07, 6.45) is 0.455. The number of hydrogen-bond donors (Lipinski definition) is 6. The number of aliphatic hydroxyl groups excluding tert-OH is 3. The van der Waals surface area contributed by atoms with Crippen LogP contribution in [0.25, 0.3) is 17.2 Å². The number of nitrogens with two attached hydrogens (primary N) is 1. The number of rotatable bonds is 2. The fraction of sp³-hybridized carbons (Fsp3) is 0.304. The van der Waals surface area contributed by atoms with Crippen LogP contribution in [0, 0.1) is 11.8 Å². The third-order valence-electron chi connectivity index (χ3n) is 7.16. The SMILES string of the molecule is CC1c2ccc(-c3ncco3)c(O)c2C(O)=C2C(=O)C3(O)C(O)=C(C(N)=O)C(=O)CC3C(O)C21. The molecule has 3 aliphatic carbocycles. The van der Waals surface area contributed by atoms with Gasteiger partial charge in [0.1, 0.15) is 29.1 Å². The van der Waals surface area contributed by atoms with Crippen LogP contribution in [-0.2, 0) is 14.4 Å². The maximum atomic E-state index is 13.6. The Morgan fingerprint density at radius 2 is 1.94 bits per heavy atom. The molecule has 1 amide bonds. The Morgan fingerprint density at radius 1 is 1.24 bits per heavy atom. The molecule has 1 fully saturated rings. The predicted molar refractivity (Wildman–Crippen MR) is 113 cm³/mol. The first-order chi connectivity index (χ1) is 16.0. The summed E-state index contributed by atoms with van der Waals surface area (Å²) in [5, 5.41) is 55.2. The van der Waals surface area contributed by atoms with Gasteiger partial charge in [0.2, 0.25) is 11.7 Å². The van der Waals surface area contributed by atoms with E-state index >= 15 is 0 Å². The maximum absolute atomic E-state index is 13.6. The fourth-order valence-corrected chi connectivity index (χ4v) is 5.53. The van der Waals surface area contributed by atoms with E-state index in [0.717, 1.165) is 0 Å². The first-order valence-electron chi connectivity index (χ1n) is 10.4. The Balaban J connectivity index is 1.77. The lowest BCUT2D eigenvalue weighted by Crippen LogP contribution is -2.63. The van der Waals surface area contributed by atoms with Crippen molar-refractivity contribution >= 4 is 23.2 Å². The molecule has 1 heterocycles. The molecule has 0 radical (unpaired) electrons. The highest BCUT2D eigenvalue weighted by atomic mass is 16.4. The van der Waals surface area contributed by atoms with Crippen LogP contribution in [-0.4, -0.2) is 59.7 Å². The molecule has 176 valence electrons. The smallest absolute Gasteiger partial charge is 0.255 e. The molecule has 2 aromatic rings. The van der Waals surface area contributed by atoms with E-state index in [0.29, 0.717) is 5.56 Å². The normalized spacial score (nSPS) is 30.7. The van der Waals surface area contributed by atoms with Crippen molar-refractivity contribution in [1.29, 1.82) is 0 Å². The molecule has 34 heavy (non-hydrogen) atoms. The second kappa shape index (κ2) is 7.02. The van der Waals surface area contributed by atoms with Crippen molar-refractivity contribution in [1.82, 2.24) is 4.98 Å². The molecule has 11 nitrogen and oxygen atoms in total. The molecule has 0 bridgehead atoms. The van der Waals surface area contributed by atoms with Crippen LogP contribution in [0.1, 0.15) is 30.4 Å². The van der Waals surface area contributed by atoms with E-state index in [9.17, 15) is 39.9 Å². The van der Waals surface area contributed by atoms with E-state index < -0.39 is 81.8 Å². The number of phenols is 1. The average molecular weight is 468 g/mol. The number of carbonyl (C=O) groups is 3. The Bertz CT molecular complexity index is 1340. The number of phenolic OH excluding ortho intramolecular Hbond substituents is 1. The molecule has 11 heteroatoms. The standard InChI is InChI=1S/C23H20N2O9/c1-7-8-2-3-9(22-25-4-5-34-22)16(27)13(8)18(29)15-12(7)17(28)10-6-11(26)14(21(24)32)19(30)23(10,33)20(15)31/h2-5,7,10,12,17,27-30,33H,6H2,1H3,(H2,24,32). The van der Waals surface area contributed by atoms with Crippen molar-refractivity contribution in [3.63, 3.8) is 0 Å². The molecular weight excluding hydrogens is 448 g/mol. The molecular formula is C23H20N2O9. The number of aromatic hydroxyl groups is 1. The van der Waals surface area contributed by atoms with Crippen LogP contribution >= 0.6 is 0 Å². The van der Waals surface area contributed by atoms with Crippen molar-refractivity contribution < 1.29 is 44.3 Å². The summed E-state index contributed by atoms with van der Waals surface area (Å²) in [7, 11) is 0. The first-order valence-corrected chi connectivity index (χ1v) is 10.4. The van der Waals surface area contributed by atoms with E-state index in [2.05, 4.69) is 4.98 Å². The number of primary amides is 1. The Hall–Kier alpha value is -3.96. The average Bonchev–Trinajstić information content (AvgIpc) is 3.31. The molecule has 0 spiro atoms. The second-order valence-corrected chi connectivity index (χ2v) is 8.75. The van der Waals surface area contributed by atoms with Crippen LogP contribution in [0.5, 0.6) is 5.75 Å². The number of benzene rings is 1. The maximum Gasteiger partial charge on any atom is 0.255 e. The van der Waals surface area contributed by atoms with Crippen molar-refractivity contribution in [2.75, 3.05) is 0 Å². The van der Waals surface area contributed by atoms with Crippen LogP contribution < -0.4 is 5.73 Å². The highest BCUT2D eigenvalue weighted by Crippen LogP contribution is 2.56. The minimum atomic E-state index is -2.87. The van der Waals surface area contributed by atoms with E-state index in [1.807, 2.05) is 0 Å². The number of nitrogens with zero attached hydrogens (tertiary/aromatic N) is 1. The van der Waals surface area contributed by atoms with Crippen molar-refractivity contribution in [3.05, 3.63) is 52.6 Å². The monoisotopic (exact) mass is 468 g/mol. The highest BCUT2D eigenvalue weighted by molar-refractivity contribution is 6.23. The van der Waals surface area contributed by atoms with Crippen LogP contribution in [0.4, 0.5) is 0 Å². The number of carbonyl (C=O) groups excluding carboxylic acids is 3. The molecule has 1 aromatic carbocycles. The quantitative estimate of drug-likeness (QED) is 0.339. The number of Topliss-reactive ketones (excluding diaryl/α,β-unsaturated/α-hetero) is 2. The van der Waals surface area contributed by atoms with Gasteiger partial charge in [-0.3, -0.25) is 14.4 Å². The summed E-state index contributed by atoms with van der Waals surface area (Å²) in [6.45, 7) is 1.65. The topological polar surface area (TPSA) is 204 Å². The fourth-order valence-electron chi connectivity index (χ4n) is 5.53. The second-order valence-electron chi connectivity index (χ2n) is 8.75. The highest BCUT2D eigenvalue weighted by Gasteiger charge is 2.64. The van der Waals surface area contributed by atoms with Gasteiger partial charge in [0.25, 0.3) is 5.91 Å². The van der Waals surface area contributed by atoms with E-state index in [4.69, 9.17) is 10.2 Å². The number of fused-ring (bicyclic) bond motifs is 3. The zero-order valence-electron chi connectivity index (χ0n) is 17.7. The summed E-state index contributed by atoms with van der Waals surface area (Å²) in [4.78, 5) is 41.7.